The van der Waals surface area contributed by atoms with E-state index >= 15 is 0 Å². The molecule has 0 radical (unpaired) electrons. The molecule has 0 spiro atoms. The van der Waals surface area contributed by atoms with Gasteiger partial charge in [-0.25, -0.2) is 13.4 Å². The summed E-state index contributed by atoms with van der Waals surface area (Å²) in [6.45, 7) is 2.65. The van der Waals surface area contributed by atoms with E-state index in [0.717, 1.165) is 10.6 Å². The first-order valence-electron chi connectivity index (χ1n) is 7.62. The number of rotatable bonds is 3. The second-order valence-electron chi connectivity index (χ2n) is 5.97. The van der Waals surface area contributed by atoms with Crippen LogP contribution in [0.4, 0.5) is 11.5 Å². The minimum absolute atomic E-state index is 0.0596. The number of thioether (sulfide) groups is 1. The highest BCUT2D eigenvalue weighted by atomic mass is 35.5. The topological polar surface area (TPSA) is 79.4 Å². The van der Waals surface area contributed by atoms with Gasteiger partial charge in [0.05, 0.1) is 22.0 Å². The largest absolute Gasteiger partial charge is 0.310 e. The van der Waals surface area contributed by atoms with Gasteiger partial charge in [0.1, 0.15) is 5.82 Å². The first-order valence-corrected chi connectivity index (χ1v) is 10.4. The van der Waals surface area contributed by atoms with Gasteiger partial charge in [-0.3, -0.25) is 9.52 Å². The molecule has 130 valence electrons. The third-order valence-corrected chi connectivity index (χ3v) is 6.92. The quantitative estimate of drug-likeness (QED) is 0.864. The third-order valence-electron chi connectivity index (χ3n) is 4.13. The number of amides is 1. The monoisotopic (exact) mass is 395 g/mol. The molecule has 6 nitrogen and oxygen atoms in total. The Kier molecular flexibility index (Phi) is 3.93. The van der Waals surface area contributed by atoms with Crippen LogP contribution in [-0.2, 0) is 21.2 Å². The Hall–Kier alpha value is -1.77. The Balaban J connectivity index is 1.77. The molecule has 1 amide bonds. The molecular weight excluding hydrogens is 382 g/mol. The maximum atomic E-state index is 12.8. The Morgan fingerprint density at radius 2 is 2.12 bits per heavy atom. The van der Waals surface area contributed by atoms with Crippen molar-refractivity contribution in [3.8, 4) is 0 Å². The van der Waals surface area contributed by atoms with Crippen LogP contribution < -0.4 is 9.62 Å². The second kappa shape index (κ2) is 5.89. The Labute approximate surface area is 154 Å². The number of benzene rings is 1. The van der Waals surface area contributed by atoms with Crippen molar-refractivity contribution in [3.63, 3.8) is 0 Å². The molecule has 0 saturated heterocycles. The number of nitrogens with one attached hydrogen (secondary N) is 1. The van der Waals surface area contributed by atoms with Crippen LogP contribution in [0.3, 0.4) is 0 Å². The van der Waals surface area contributed by atoms with Crippen LogP contribution in [0.25, 0.3) is 0 Å². The fraction of sp³-hybridized carbons (Fsp3) is 0.250. The Bertz CT molecular complexity index is 977. The molecule has 1 aromatic carbocycles. The van der Waals surface area contributed by atoms with Crippen molar-refractivity contribution in [2.45, 2.75) is 28.4 Å². The molecule has 9 heteroatoms. The van der Waals surface area contributed by atoms with Crippen LogP contribution in [0, 0.1) is 0 Å². The molecule has 0 fully saturated rings. The van der Waals surface area contributed by atoms with Crippen LogP contribution in [-0.4, -0.2) is 31.1 Å². The van der Waals surface area contributed by atoms with E-state index in [2.05, 4.69) is 16.6 Å². The molecule has 1 unspecified atom stereocenters. The predicted molar refractivity (Wildman–Crippen MR) is 97.9 cm³/mol. The number of sulfonamides is 1. The van der Waals surface area contributed by atoms with E-state index in [4.69, 9.17) is 11.6 Å². The zero-order valence-electron chi connectivity index (χ0n) is 13.2. The van der Waals surface area contributed by atoms with E-state index in [0.29, 0.717) is 17.1 Å². The van der Waals surface area contributed by atoms with Gasteiger partial charge in [0.15, 0.2) is 0 Å². The van der Waals surface area contributed by atoms with Crippen molar-refractivity contribution in [3.05, 3.63) is 41.0 Å². The maximum Gasteiger partial charge on any atom is 0.263 e. The summed E-state index contributed by atoms with van der Waals surface area (Å²) in [5.41, 5.74) is 1.29. The zero-order chi connectivity index (χ0) is 17.8. The van der Waals surface area contributed by atoms with Crippen LogP contribution in [0.1, 0.15) is 12.5 Å². The molecule has 0 saturated carbocycles. The molecule has 2 aliphatic heterocycles. The smallest absolute Gasteiger partial charge is 0.263 e. The third kappa shape index (κ3) is 2.88. The number of pyridine rings is 1. The van der Waals surface area contributed by atoms with Gasteiger partial charge in [-0.2, -0.15) is 0 Å². The lowest BCUT2D eigenvalue weighted by molar-refractivity contribution is -0.117. The molecule has 1 N–H and O–H groups in total. The first-order chi connectivity index (χ1) is 11.8. The van der Waals surface area contributed by atoms with Crippen LogP contribution in [0.15, 0.2) is 40.3 Å². The minimum Gasteiger partial charge on any atom is -0.310 e. The lowest BCUT2D eigenvalue weighted by atomic mass is 10.1. The summed E-state index contributed by atoms with van der Waals surface area (Å²) in [7, 11) is -3.86. The van der Waals surface area contributed by atoms with Crippen LogP contribution >= 0.6 is 23.4 Å². The second-order valence-corrected chi connectivity index (χ2v) is 9.53. The van der Waals surface area contributed by atoms with Gasteiger partial charge in [0.25, 0.3) is 10.0 Å². The summed E-state index contributed by atoms with van der Waals surface area (Å²) < 4.78 is 28.1. The fourth-order valence-corrected chi connectivity index (χ4v) is 5.62. The van der Waals surface area contributed by atoms with Gasteiger partial charge >= 0.3 is 0 Å². The summed E-state index contributed by atoms with van der Waals surface area (Å²) in [6, 6.07) is 6.39. The number of halogens is 1. The van der Waals surface area contributed by atoms with E-state index in [1.165, 1.54) is 12.3 Å². The van der Waals surface area contributed by atoms with Gasteiger partial charge in [-0.15, -0.1) is 11.8 Å². The predicted octanol–water partition coefficient (Wildman–Crippen LogP) is 2.92. The minimum atomic E-state index is -3.86. The van der Waals surface area contributed by atoms with E-state index in [1.807, 2.05) is 0 Å². The number of hydrogen-bond acceptors (Lipinski definition) is 5. The molecule has 3 heterocycles. The van der Waals surface area contributed by atoms with E-state index in [-0.39, 0.29) is 28.3 Å². The molecule has 1 atom stereocenters. The Morgan fingerprint density at radius 3 is 2.84 bits per heavy atom. The summed E-state index contributed by atoms with van der Waals surface area (Å²) >= 11 is 7.44. The van der Waals surface area contributed by atoms with Crippen molar-refractivity contribution >= 4 is 50.8 Å². The number of nitrogens with zero attached hydrogens (tertiary/aromatic N) is 2. The van der Waals surface area contributed by atoms with E-state index in [1.54, 1.807) is 34.9 Å². The van der Waals surface area contributed by atoms with Gasteiger partial charge in [0, 0.05) is 28.5 Å². The van der Waals surface area contributed by atoms with Crippen LogP contribution in [0.5, 0.6) is 0 Å². The molecule has 4 rings (SSSR count). The number of aromatic nitrogens is 1. The standard InChI is InChI=1S/C16H14ClN3O3S2/c1-9-8-20-15(21)6-11-13(4-3-12(24-9)16(11)20)25(22,23)19-14-5-2-10(17)7-18-14/h2-5,7,9H,6,8H2,1H3,(H,18,19). The highest BCUT2D eigenvalue weighted by Crippen LogP contribution is 2.46. The first kappa shape index (κ1) is 16.7. The number of anilines is 2. The SMILES string of the molecule is CC1CN2C(=O)Cc3c(S(=O)(=O)Nc4ccc(Cl)cn4)ccc(c32)S1. The van der Waals surface area contributed by atoms with Gasteiger partial charge in [-0.1, -0.05) is 18.5 Å². The summed E-state index contributed by atoms with van der Waals surface area (Å²) in [4.78, 5) is 19.1. The number of hydrogen-bond donors (Lipinski definition) is 1. The van der Waals surface area contributed by atoms with E-state index < -0.39 is 10.0 Å². The highest BCUT2D eigenvalue weighted by Gasteiger charge is 2.38. The summed E-state index contributed by atoms with van der Waals surface area (Å²) in [6.07, 6.45) is 1.47. The molecule has 2 aromatic rings. The van der Waals surface area contributed by atoms with Crippen molar-refractivity contribution in [2.75, 3.05) is 16.2 Å². The normalized spacial score (nSPS) is 19.0. The average Bonchev–Trinajstić information content (AvgIpc) is 2.87. The van der Waals surface area contributed by atoms with Gasteiger partial charge in [0.2, 0.25) is 5.91 Å². The molecule has 0 aliphatic carbocycles. The lowest BCUT2D eigenvalue weighted by Gasteiger charge is -2.29. The van der Waals surface area contributed by atoms with Gasteiger partial charge < -0.3 is 4.90 Å². The number of carbonyl (C=O) groups excluding carboxylic acids is 1. The molecule has 25 heavy (non-hydrogen) atoms. The van der Waals surface area contributed by atoms with Crippen LogP contribution in [0.2, 0.25) is 5.02 Å². The molecule has 1 aromatic heterocycles. The van der Waals surface area contributed by atoms with Gasteiger partial charge in [-0.05, 0) is 24.3 Å². The molecule has 0 bridgehead atoms. The van der Waals surface area contributed by atoms with E-state index in [9.17, 15) is 13.2 Å². The summed E-state index contributed by atoms with van der Waals surface area (Å²) in [5.74, 6) is 0.120. The molecular formula is C16H14ClN3O3S2. The number of carbonyl (C=O) groups is 1. The lowest BCUT2D eigenvalue weighted by Crippen LogP contribution is -2.35. The maximum absolute atomic E-state index is 12.8. The van der Waals surface area contributed by atoms with Crippen molar-refractivity contribution < 1.29 is 13.2 Å². The van der Waals surface area contributed by atoms with Crippen molar-refractivity contribution in [2.24, 2.45) is 0 Å². The summed E-state index contributed by atoms with van der Waals surface area (Å²) in [5, 5.41) is 0.698. The van der Waals surface area contributed by atoms with Crippen molar-refractivity contribution in [1.29, 1.82) is 0 Å². The fourth-order valence-electron chi connectivity index (χ4n) is 3.11. The Morgan fingerprint density at radius 1 is 1.32 bits per heavy atom. The zero-order valence-corrected chi connectivity index (χ0v) is 15.6. The van der Waals surface area contributed by atoms with Crippen molar-refractivity contribution in [1.82, 2.24) is 4.98 Å². The highest BCUT2D eigenvalue weighted by molar-refractivity contribution is 8.00. The average molecular weight is 396 g/mol. The molecule has 2 aliphatic rings.